The molecule has 0 aromatic rings. The molecule has 6 heteroatoms. The second-order valence-corrected chi connectivity index (χ2v) is 4.94. The molecule has 0 aromatic heterocycles. The lowest BCUT2D eigenvalue weighted by atomic mass is 10.1. The Morgan fingerprint density at radius 3 is 3.11 bits per heavy atom. The summed E-state index contributed by atoms with van der Waals surface area (Å²) in [6, 6.07) is -0.450. The van der Waals surface area contributed by atoms with Crippen molar-refractivity contribution in [2.45, 2.75) is 38.3 Å². The van der Waals surface area contributed by atoms with Crippen molar-refractivity contribution in [2.24, 2.45) is 0 Å². The molecule has 2 rings (SSSR count). The van der Waals surface area contributed by atoms with Crippen LogP contribution in [0.3, 0.4) is 0 Å². The molecule has 1 amide bonds. The average molecular weight is 270 g/mol. The second-order valence-electron chi connectivity index (χ2n) is 4.94. The summed E-state index contributed by atoms with van der Waals surface area (Å²) in [7, 11) is 0. The number of esters is 1. The molecule has 108 valence electrons. The van der Waals surface area contributed by atoms with E-state index < -0.39 is 6.04 Å². The lowest BCUT2D eigenvalue weighted by molar-refractivity contribution is -0.148. The van der Waals surface area contributed by atoms with Crippen molar-refractivity contribution >= 4 is 11.9 Å². The van der Waals surface area contributed by atoms with E-state index >= 15 is 0 Å². The summed E-state index contributed by atoms with van der Waals surface area (Å²) >= 11 is 0. The molecule has 2 unspecified atom stereocenters. The highest BCUT2D eigenvalue weighted by atomic mass is 16.5. The number of hydrogen-bond acceptors (Lipinski definition) is 5. The maximum atomic E-state index is 12.3. The maximum Gasteiger partial charge on any atom is 0.307 e. The van der Waals surface area contributed by atoms with Crippen molar-refractivity contribution in [3.8, 4) is 0 Å². The number of ether oxygens (including phenoxy) is 2. The zero-order valence-electron chi connectivity index (χ0n) is 11.4. The molecule has 0 spiro atoms. The minimum Gasteiger partial charge on any atom is -0.466 e. The van der Waals surface area contributed by atoms with Gasteiger partial charge in [0, 0.05) is 26.2 Å². The van der Waals surface area contributed by atoms with Crippen LogP contribution in [0.4, 0.5) is 0 Å². The summed E-state index contributed by atoms with van der Waals surface area (Å²) in [5.41, 5.74) is 0. The van der Waals surface area contributed by atoms with E-state index in [-0.39, 0.29) is 24.4 Å². The summed E-state index contributed by atoms with van der Waals surface area (Å²) in [5, 5.41) is 3.08. The van der Waals surface area contributed by atoms with Crippen LogP contribution in [0.25, 0.3) is 0 Å². The molecule has 0 aromatic carbocycles. The van der Waals surface area contributed by atoms with Gasteiger partial charge in [-0.2, -0.15) is 0 Å². The highest BCUT2D eigenvalue weighted by molar-refractivity contribution is 5.87. The molecular formula is C13H22N2O4. The fourth-order valence-corrected chi connectivity index (χ4v) is 2.55. The van der Waals surface area contributed by atoms with Gasteiger partial charge in [0.1, 0.15) is 0 Å². The topological polar surface area (TPSA) is 67.9 Å². The number of amides is 1. The summed E-state index contributed by atoms with van der Waals surface area (Å²) in [6.07, 6.45) is 2.34. The van der Waals surface area contributed by atoms with E-state index in [4.69, 9.17) is 9.47 Å². The van der Waals surface area contributed by atoms with Gasteiger partial charge in [0.15, 0.2) is 0 Å². The molecule has 2 aliphatic heterocycles. The zero-order chi connectivity index (χ0) is 13.7. The third-order valence-corrected chi connectivity index (χ3v) is 3.51. The molecule has 0 aliphatic carbocycles. The number of nitrogens with one attached hydrogen (secondary N) is 1. The predicted octanol–water partition coefficient (Wildman–Crippen LogP) is -0.0810. The van der Waals surface area contributed by atoms with Crippen LogP contribution >= 0.6 is 0 Å². The fraction of sp³-hybridized carbons (Fsp3) is 0.846. The number of rotatable bonds is 5. The molecule has 2 fully saturated rings. The van der Waals surface area contributed by atoms with Crippen LogP contribution in [0.5, 0.6) is 0 Å². The van der Waals surface area contributed by atoms with E-state index in [1.165, 1.54) is 0 Å². The summed E-state index contributed by atoms with van der Waals surface area (Å²) in [4.78, 5) is 25.5. The highest BCUT2D eigenvalue weighted by Gasteiger charge is 2.32. The van der Waals surface area contributed by atoms with Gasteiger partial charge in [-0.15, -0.1) is 0 Å². The monoisotopic (exact) mass is 270 g/mol. The highest BCUT2D eigenvalue weighted by Crippen LogP contribution is 2.15. The molecule has 0 saturated carbocycles. The molecule has 1 N–H and O–H groups in total. The fourth-order valence-electron chi connectivity index (χ4n) is 2.55. The average Bonchev–Trinajstić information content (AvgIpc) is 2.87. The Labute approximate surface area is 113 Å². The van der Waals surface area contributed by atoms with Crippen molar-refractivity contribution in [3.05, 3.63) is 0 Å². The third-order valence-electron chi connectivity index (χ3n) is 3.51. The van der Waals surface area contributed by atoms with Crippen LogP contribution < -0.4 is 5.32 Å². The van der Waals surface area contributed by atoms with E-state index in [0.717, 1.165) is 19.4 Å². The summed E-state index contributed by atoms with van der Waals surface area (Å²) < 4.78 is 10.4. The Bertz CT molecular complexity index is 329. The van der Waals surface area contributed by atoms with Crippen LogP contribution in [0.15, 0.2) is 0 Å². The first-order valence-electron chi connectivity index (χ1n) is 7.00. The number of hydrogen-bond donors (Lipinski definition) is 1. The largest absolute Gasteiger partial charge is 0.466 e. The van der Waals surface area contributed by atoms with Gasteiger partial charge in [0.25, 0.3) is 0 Å². The maximum absolute atomic E-state index is 12.3. The third kappa shape index (κ3) is 3.91. The van der Waals surface area contributed by atoms with Crippen LogP contribution in [0.2, 0.25) is 0 Å². The Morgan fingerprint density at radius 1 is 1.58 bits per heavy atom. The molecule has 6 nitrogen and oxygen atoms in total. The number of carbonyl (C=O) groups is 2. The van der Waals surface area contributed by atoms with Crippen molar-refractivity contribution in [1.29, 1.82) is 0 Å². The van der Waals surface area contributed by atoms with Crippen LogP contribution in [0, 0.1) is 0 Å². The SMILES string of the molecule is CCOC(=O)CC1NCCN(CC2CCCO2)C1=O. The van der Waals surface area contributed by atoms with Crippen molar-refractivity contribution in [2.75, 3.05) is 32.8 Å². The van der Waals surface area contributed by atoms with Gasteiger partial charge in [0.05, 0.1) is 25.2 Å². The van der Waals surface area contributed by atoms with Gasteiger partial charge in [0.2, 0.25) is 5.91 Å². The van der Waals surface area contributed by atoms with E-state index in [0.29, 0.717) is 26.2 Å². The van der Waals surface area contributed by atoms with Crippen molar-refractivity contribution in [1.82, 2.24) is 10.2 Å². The number of piperazine rings is 1. The Kier molecular flexibility index (Phi) is 5.15. The first kappa shape index (κ1) is 14.3. The molecule has 2 atom stereocenters. The Balaban J connectivity index is 1.84. The molecule has 0 bridgehead atoms. The minimum absolute atomic E-state index is 0.0187. The smallest absolute Gasteiger partial charge is 0.307 e. The van der Waals surface area contributed by atoms with E-state index in [1.807, 2.05) is 0 Å². The lowest BCUT2D eigenvalue weighted by Gasteiger charge is -2.34. The first-order chi connectivity index (χ1) is 9.20. The molecule has 2 heterocycles. The Morgan fingerprint density at radius 2 is 2.42 bits per heavy atom. The predicted molar refractivity (Wildman–Crippen MR) is 68.6 cm³/mol. The van der Waals surface area contributed by atoms with E-state index in [2.05, 4.69) is 5.32 Å². The molecule has 2 saturated heterocycles. The molecule has 19 heavy (non-hydrogen) atoms. The first-order valence-corrected chi connectivity index (χ1v) is 7.00. The standard InChI is InChI=1S/C13H22N2O4/c1-2-18-12(16)8-11-13(17)15(6-5-14-11)9-10-4-3-7-19-10/h10-11,14H,2-9H2,1H3. The van der Waals surface area contributed by atoms with E-state index in [9.17, 15) is 9.59 Å². The molecule has 0 radical (unpaired) electrons. The van der Waals surface area contributed by atoms with Gasteiger partial charge in [-0.1, -0.05) is 0 Å². The second kappa shape index (κ2) is 6.86. The van der Waals surface area contributed by atoms with Gasteiger partial charge in [-0.05, 0) is 19.8 Å². The normalized spacial score (nSPS) is 27.6. The lowest BCUT2D eigenvalue weighted by Crippen LogP contribution is -2.57. The minimum atomic E-state index is -0.450. The summed E-state index contributed by atoms with van der Waals surface area (Å²) in [6.45, 7) is 4.93. The zero-order valence-corrected chi connectivity index (χ0v) is 11.4. The quantitative estimate of drug-likeness (QED) is 0.708. The summed E-state index contributed by atoms with van der Waals surface area (Å²) in [5.74, 6) is -0.345. The van der Waals surface area contributed by atoms with Gasteiger partial charge in [-0.3, -0.25) is 9.59 Å². The molecular weight excluding hydrogens is 248 g/mol. The van der Waals surface area contributed by atoms with Crippen molar-refractivity contribution in [3.63, 3.8) is 0 Å². The Hall–Kier alpha value is -1.14. The van der Waals surface area contributed by atoms with Crippen LogP contribution in [0.1, 0.15) is 26.2 Å². The number of nitrogens with zero attached hydrogens (tertiary/aromatic N) is 1. The van der Waals surface area contributed by atoms with Crippen LogP contribution in [-0.4, -0.2) is 61.8 Å². The van der Waals surface area contributed by atoms with Gasteiger partial charge >= 0.3 is 5.97 Å². The van der Waals surface area contributed by atoms with Crippen molar-refractivity contribution < 1.29 is 19.1 Å². The van der Waals surface area contributed by atoms with E-state index in [1.54, 1.807) is 11.8 Å². The van der Waals surface area contributed by atoms with Gasteiger partial charge in [-0.25, -0.2) is 0 Å². The van der Waals surface area contributed by atoms with Crippen LogP contribution in [-0.2, 0) is 19.1 Å². The number of carbonyl (C=O) groups excluding carboxylic acids is 2. The van der Waals surface area contributed by atoms with Gasteiger partial charge < -0.3 is 19.7 Å². The molecule has 2 aliphatic rings.